The van der Waals surface area contributed by atoms with E-state index in [9.17, 15) is 9.59 Å². The number of likely N-dealkylation sites (N-methyl/N-ethyl adjacent to an activating group) is 1. The van der Waals surface area contributed by atoms with E-state index in [0.29, 0.717) is 16.8 Å². The number of nitrogens with two attached hydrogens (primary N) is 1. The Labute approximate surface area is 100 Å². The number of anilines is 1. The molecule has 1 aromatic carbocycles. The van der Waals surface area contributed by atoms with Gasteiger partial charge in [-0.1, -0.05) is 6.07 Å². The standard InChI is InChI=1S/C12H16N2O3/c1-8-9(5-4-6-10(8)13)12(16)17-7-11(15)14(2)3/h4-6H,7,13H2,1-3H3. The zero-order chi connectivity index (χ0) is 13.0. The lowest BCUT2D eigenvalue weighted by Gasteiger charge is -2.11. The van der Waals surface area contributed by atoms with Gasteiger partial charge in [0.05, 0.1) is 5.56 Å². The van der Waals surface area contributed by atoms with Gasteiger partial charge in [-0.2, -0.15) is 0 Å². The number of carbonyl (C=O) groups is 2. The normalized spacial score (nSPS) is 9.82. The molecule has 0 aliphatic heterocycles. The third-order valence-electron chi connectivity index (χ3n) is 2.42. The lowest BCUT2D eigenvalue weighted by atomic mass is 10.1. The summed E-state index contributed by atoms with van der Waals surface area (Å²) in [6.07, 6.45) is 0. The van der Waals surface area contributed by atoms with E-state index in [1.165, 1.54) is 4.90 Å². The number of rotatable bonds is 3. The molecule has 0 bridgehead atoms. The molecule has 5 nitrogen and oxygen atoms in total. The Kier molecular flexibility index (Phi) is 4.09. The van der Waals surface area contributed by atoms with Gasteiger partial charge in [-0.3, -0.25) is 4.79 Å². The molecule has 0 atom stereocenters. The number of hydrogen-bond acceptors (Lipinski definition) is 4. The lowest BCUT2D eigenvalue weighted by Crippen LogP contribution is -2.27. The Morgan fingerprint density at radius 3 is 2.59 bits per heavy atom. The minimum Gasteiger partial charge on any atom is -0.452 e. The molecular formula is C12H16N2O3. The molecule has 0 heterocycles. The monoisotopic (exact) mass is 236 g/mol. The summed E-state index contributed by atoms with van der Waals surface area (Å²) in [6.45, 7) is 1.47. The number of benzene rings is 1. The quantitative estimate of drug-likeness (QED) is 0.623. The van der Waals surface area contributed by atoms with Crippen LogP contribution in [0.1, 0.15) is 15.9 Å². The molecule has 0 aliphatic carbocycles. The SMILES string of the molecule is Cc1c(N)cccc1C(=O)OCC(=O)N(C)C. The fourth-order valence-electron chi connectivity index (χ4n) is 1.21. The Balaban J connectivity index is 2.71. The van der Waals surface area contributed by atoms with Crippen molar-refractivity contribution in [1.29, 1.82) is 0 Å². The van der Waals surface area contributed by atoms with E-state index in [2.05, 4.69) is 0 Å². The Hall–Kier alpha value is -2.04. The van der Waals surface area contributed by atoms with Gasteiger partial charge >= 0.3 is 5.97 Å². The van der Waals surface area contributed by atoms with Crippen LogP contribution < -0.4 is 5.73 Å². The van der Waals surface area contributed by atoms with Gasteiger partial charge in [0.2, 0.25) is 0 Å². The molecule has 0 spiro atoms. The van der Waals surface area contributed by atoms with Crippen LogP contribution in [0.25, 0.3) is 0 Å². The molecule has 92 valence electrons. The maximum atomic E-state index is 11.7. The Morgan fingerprint density at radius 1 is 1.35 bits per heavy atom. The molecule has 1 rings (SSSR count). The van der Waals surface area contributed by atoms with Gasteiger partial charge in [0.15, 0.2) is 6.61 Å². The molecule has 1 aromatic rings. The van der Waals surface area contributed by atoms with Gasteiger partial charge in [0.25, 0.3) is 5.91 Å². The van der Waals surface area contributed by atoms with E-state index in [1.807, 2.05) is 0 Å². The zero-order valence-corrected chi connectivity index (χ0v) is 10.2. The lowest BCUT2D eigenvalue weighted by molar-refractivity contribution is -0.131. The van der Waals surface area contributed by atoms with Crippen LogP contribution in [0.5, 0.6) is 0 Å². The Bertz CT molecular complexity index is 441. The highest BCUT2D eigenvalue weighted by Gasteiger charge is 2.14. The van der Waals surface area contributed by atoms with Crippen LogP contribution in [0.3, 0.4) is 0 Å². The number of ether oxygens (including phenoxy) is 1. The number of carbonyl (C=O) groups excluding carboxylic acids is 2. The maximum Gasteiger partial charge on any atom is 0.338 e. The van der Waals surface area contributed by atoms with Crippen molar-refractivity contribution in [2.45, 2.75) is 6.92 Å². The first-order valence-corrected chi connectivity index (χ1v) is 5.16. The predicted molar refractivity (Wildman–Crippen MR) is 64.6 cm³/mol. The number of nitrogen functional groups attached to an aromatic ring is 1. The molecule has 1 amide bonds. The molecule has 0 fully saturated rings. The van der Waals surface area contributed by atoms with Crippen LogP contribution in [0.2, 0.25) is 0 Å². The van der Waals surface area contributed by atoms with Crippen LogP contribution in [-0.2, 0) is 9.53 Å². The van der Waals surface area contributed by atoms with Crippen molar-refractivity contribution >= 4 is 17.6 Å². The van der Waals surface area contributed by atoms with E-state index >= 15 is 0 Å². The summed E-state index contributed by atoms with van der Waals surface area (Å²) < 4.78 is 4.90. The van der Waals surface area contributed by atoms with Crippen molar-refractivity contribution in [2.24, 2.45) is 0 Å². The van der Waals surface area contributed by atoms with Crippen molar-refractivity contribution < 1.29 is 14.3 Å². The maximum absolute atomic E-state index is 11.7. The molecule has 17 heavy (non-hydrogen) atoms. The minimum absolute atomic E-state index is 0.264. The topological polar surface area (TPSA) is 72.6 Å². The molecular weight excluding hydrogens is 220 g/mol. The largest absolute Gasteiger partial charge is 0.452 e. The summed E-state index contributed by atoms with van der Waals surface area (Å²) >= 11 is 0. The highest BCUT2D eigenvalue weighted by atomic mass is 16.5. The molecule has 0 radical (unpaired) electrons. The van der Waals surface area contributed by atoms with Gasteiger partial charge in [-0.05, 0) is 24.6 Å². The fourth-order valence-corrected chi connectivity index (χ4v) is 1.21. The van der Waals surface area contributed by atoms with Crippen LogP contribution in [0, 0.1) is 6.92 Å². The van der Waals surface area contributed by atoms with Crippen molar-refractivity contribution in [3.63, 3.8) is 0 Å². The van der Waals surface area contributed by atoms with E-state index in [4.69, 9.17) is 10.5 Å². The van der Waals surface area contributed by atoms with Crippen LogP contribution in [0.4, 0.5) is 5.69 Å². The van der Waals surface area contributed by atoms with Crippen LogP contribution in [0.15, 0.2) is 18.2 Å². The first-order chi connectivity index (χ1) is 7.93. The molecule has 0 unspecified atom stereocenters. The number of nitrogens with zero attached hydrogens (tertiary/aromatic N) is 1. The van der Waals surface area contributed by atoms with Crippen LogP contribution >= 0.6 is 0 Å². The first-order valence-electron chi connectivity index (χ1n) is 5.16. The van der Waals surface area contributed by atoms with Crippen LogP contribution in [-0.4, -0.2) is 37.5 Å². The second-order valence-electron chi connectivity index (χ2n) is 3.88. The summed E-state index contributed by atoms with van der Waals surface area (Å²) in [5.74, 6) is -0.801. The number of amides is 1. The van der Waals surface area contributed by atoms with Gasteiger partial charge in [0, 0.05) is 19.8 Å². The molecule has 2 N–H and O–H groups in total. The van der Waals surface area contributed by atoms with Gasteiger partial charge in [0.1, 0.15) is 0 Å². The summed E-state index contributed by atoms with van der Waals surface area (Å²) in [5, 5.41) is 0. The van der Waals surface area contributed by atoms with Crippen molar-refractivity contribution in [1.82, 2.24) is 4.90 Å². The van der Waals surface area contributed by atoms with Crippen molar-refractivity contribution in [3.8, 4) is 0 Å². The average molecular weight is 236 g/mol. The summed E-state index contributed by atoms with van der Waals surface area (Å²) in [5.41, 5.74) is 7.25. The van der Waals surface area contributed by atoms with E-state index in [-0.39, 0.29) is 12.5 Å². The molecule has 0 saturated carbocycles. The fraction of sp³-hybridized carbons (Fsp3) is 0.333. The highest BCUT2D eigenvalue weighted by molar-refractivity contribution is 5.93. The predicted octanol–water partition coefficient (Wildman–Crippen LogP) is 0.822. The summed E-state index contributed by atoms with van der Waals surface area (Å²) in [6, 6.07) is 5.00. The first kappa shape index (κ1) is 13.0. The van der Waals surface area contributed by atoms with E-state index in [1.54, 1.807) is 39.2 Å². The van der Waals surface area contributed by atoms with Gasteiger partial charge in [-0.15, -0.1) is 0 Å². The minimum atomic E-state index is -0.537. The van der Waals surface area contributed by atoms with E-state index in [0.717, 1.165) is 0 Å². The van der Waals surface area contributed by atoms with Gasteiger partial charge < -0.3 is 15.4 Å². The smallest absolute Gasteiger partial charge is 0.338 e. The number of esters is 1. The van der Waals surface area contributed by atoms with E-state index < -0.39 is 5.97 Å². The third-order valence-corrected chi connectivity index (χ3v) is 2.42. The molecule has 5 heteroatoms. The molecule has 0 aromatic heterocycles. The zero-order valence-electron chi connectivity index (χ0n) is 10.2. The Morgan fingerprint density at radius 2 is 2.00 bits per heavy atom. The summed E-state index contributed by atoms with van der Waals surface area (Å²) in [7, 11) is 3.20. The third kappa shape index (κ3) is 3.21. The summed E-state index contributed by atoms with van der Waals surface area (Å²) in [4.78, 5) is 24.3. The second kappa shape index (κ2) is 5.34. The average Bonchev–Trinajstić information content (AvgIpc) is 2.29. The number of hydrogen-bond donors (Lipinski definition) is 1. The molecule has 0 aliphatic rings. The molecule has 0 saturated heterocycles. The van der Waals surface area contributed by atoms with Crippen molar-refractivity contribution in [3.05, 3.63) is 29.3 Å². The van der Waals surface area contributed by atoms with Crippen molar-refractivity contribution in [2.75, 3.05) is 26.4 Å². The second-order valence-corrected chi connectivity index (χ2v) is 3.88. The highest BCUT2D eigenvalue weighted by Crippen LogP contribution is 2.16. The van der Waals surface area contributed by atoms with Gasteiger partial charge in [-0.25, -0.2) is 4.79 Å².